The zero-order valence-corrected chi connectivity index (χ0v) is 42.9. The summed E-state index contributed by atoms with van der Waals surface area (Å²) in [4.78, 5) is 10.5. The summed E-state index contributed by atoms with van der Waals surface area (Å²) >= 11 is 0. The smallest absolute Gasteiger partial charge is 0.160 e. The van der Waals surface area contributed by atoms with Gasteiger partial charge in [0.05, 0.1) is 33.3 Å². The molecule has 0 saturated heterocycles. The third-order valence-electron chi connectivity index (χ3n) is 15.2. The van der Waals surface area contributed by atoms with Crippen molar-refractivity contribution < 1.29 is 0 Å². The van der Waals surface area contributed by atoms with Gasteiger partial charge in [-0.2, -0.15) is 0 Å². The van der Waals surface area contributed by atoms with E-state index in [9.17, 15) is 0 Å². The number of allylic oxidation sites excluding steroid dienone is 4. The van der Waals surface area contributed by atoms with Crippen LogP contribution in [0.3, 0.4) is 0 Å². The molecule has 0 atom stereocenters. The summed E-state index contributed by atoms with van der Waals surface area (Å²) in [5.74, 6) is 0.702. The van der Waals surface area contributed by atoms with E-state index < -0.39 is 0 Å². The van der Waals surface area contributed by atoms with Crippen LogP contribution in [0.25, 0.3) is 133 Å². The summed E-state index contributed by atoms with van der Waals surface area (Å²) in [6.07, 6.45) is 11.0. The van der Waals surface area contributed by atoms with Gasteiger partial charge in [0.15, 0.2) is 5.82 Å². The zero-order valence-electron chi connectivity index (χ0n) is 42.9. The normalized spacial score (nSPS) is 12.2. The number of nitrogens with zero attached hydrogens (tertiary/aromatic N) is 4. The Hall–Kier alpha value is -10.2. The van der Waals surface area contributed by atoms with Crippen LogP contribution in [0.4, 0.5) is 0 Å². The SMILES string of the molecule is C1=CCCC=C1.c1ccc(-c2nc(-c3ccc(-c4ccc5c(c4)c4ccccc4n5-c4ccccc4)cc3)nc3ccc(-c4ccc(-c5ccc(-c6ccc7c(c6)c6ccccc6n7-c6ccccc6)cc5)cc4)cc23)cc1. The van der Waals surface area contributed by atoms with Gasteiger partial charge in [-0.1, -0.05) is 218 Å². The van der Waals surface area contributed by atoms with E-state index in [1.807, 2.05) is 0 Å². The summed E-state index contributed by atoms with van der Waals surface area (Å²) in [6.45, 7) is 0. The third-order valence-corrected chi connectivity index (χ3v) is 15.2. The number of hydrogen-bond donors (Lipinski definition) is 0. The average Bonchev–Trinajstić information content (AvgIpc) is 4.27. The molecule has 1 aliphatic rings. The highest BCUT2D eigenvalue weighted by Gasteiger charge is 2.17. The lowest BCUT2D eigenvalue weighted by Crippen LogP contribution is -1.96. The maximum absolute atomic E-state index is 5.29. The molecule has 0 aliphatic heterocycles. The van der Waals surface area contributed by atoms with Crippen LogP contribution in [0, 0.1) is 0 Å². The fourth-order valence-corrected chi connectivity index (χ4v) is 11.3. The Morgan fingerprint density at radius 2 is 0.615 bits per heavy atom. The van der Waals surface area contributed by atoms with E-state index in [1.54, 1.807) is 0 Å². The van der Waals surface area contributed by atoms with Crippen molar-refractivity contribution >= 4 is 54.5 Å². The molecule has 14 aromatic rings. The number of rotatable bonds is 8. The molecule has 0 unspecified atom stereocenters. The van der Waals surface area contributed by atoms with Gasteiger partial charge >= 0.3 is 0 Å². The molecule has 3 heterocycles. The highest BCUT2D eigenvalue weighted by atomic mass is 15.0. The van der Waals surface area contributed by atoms with Crippen LogP contribution in [0.5, 0.6) is 0 Å². The first-order valence-electron chi connectivity index (χ1n) is 26.9. The van der Waals surface area contributed by atoms with Gasteiger partial charge < -0.3 is 9.13 Å². The monoisotopic (exact) mass is 996 g/mol. The molecule has 0 saturated carbocycles. The van der Waals surface area contributed by atoms with Gasteiger partial charge in [0.1, 0.15) is 0 Å². The van der Waals surface area contributed by atoms with Crippen molar-refractivity contribution in [2.75, 3.05) is 0 Å². The molecular weight excluding hydrogens is 945 g/mol. The van der Waals surface area contributed by atoms with Gasteiger partial charge in [-0.05, 0) is 130 Å². The van der Waals surface area contributed by atoms with Crippen molar-refractivity contribution in [1.82, 2.24) is 19.1 Å². The molecule has 0 amide bonds. The minimum Gasteiger partial charge on any atom is -0.309 e. The maximum atomic E-state index is 5.29. The van der Waals surface area contributed by atoms with Crippen LogP contribution in [-0.2, 0) is 0 Å². The fraction of sp³-hybridized carbons (Fsp3) is 0.0270. The van der Waals surface area contributed by atoms with E-state index in [-0.39, 0.29) is 0 Å². The Kier molecular flexibility index (Phi) is 12.0. The maximum Gasteiger partial charge on any atom is 0.160 e. The standard InChI is InChI=1S/C68H44N4.C6H8/c1-4-14-50(15-5-1)67-61-44-52(47-28-24-45(25-29-47)46-26-30-48(31-27-46)53-37-40-65-59(42-53)57-20-10-12-22-63(57)71(65)55-16-6-2-7-17-55)36-39-62(61)69-68(70-67)51-34-32-49(33-35-51)54-38-41-66-60(43-54)58-21-11-13-23-64(58)72(66)56-18-8-3-9-19-56;1-2-4-6-5-3-1/h1-44H;1-4H,5-6H2. The molecule has 0 N–H and O–H groups in total. The minimum absolute atomic E-state index is 0.702. The topological polar surface area (TPSA) is 35.6 Å². The molecule has 0 bridgehead atoms. The first kappa shape index (κ1) is 46.4. The minimum atomic E-state index is 0.702. The number of fused-ring (bicyclic) bond motifs is 7. The van der Waals surface area contributed by atoms with Gasteiger partial charge in [-0.15, -0.1) is 0 Å². The molecule has 3 aromatic heterocycles. The van der Waals surface area contributed by atoms with E-state index >= 15 is 0 Å². The molecule has 0 fully saturated rings. The van der Waals surface area contributed by atoms with Gasteiger partial charge in [-0.3, -0.25) is 0 Å². The van der Waals surface area contributed by atoms with Gasteiger partial charge in [0.25, 0.3) is 0 Å². The van der Waals surface area contributed by atoms with Crippen LogP contribution in [0.1, 0.15) is 12.8 Å². The molecule has 11 aromatic carbocycles. The molecule has 0 spiro atoms. The van der Waals surface area contributed by atoms with Crippen LogP contribution in [-0.4, -0.2) is 19.1 Å². The molecule has 15 rings (SSSR count). The largest absolute Gasteiger partial charge is 0.309 e. The van der Waals surface area contributed by atoms with Gasteiger partial charge in [0, 0.05) is 49.4 Å². The van der Waals surface area contributed by atoms with E-state index in [0.29, 0.717) is 5.82 Å². The Balaban J connectivity index is 0.000000864. The van der Waals surface area contributed by atoms with Crippen LogP contribution < -0.4 is 0 Å². The van der Waals surface area contributed by atoms with E-state index in [4.69, 9.17) is 9.97 Å². The molecule has 1 aliphatic carbocycles. The molecule has 368 valence electrons. The summed E-state index contributed by atoms with van der Waals surface area (Å²) in [5, 5.41) is 6.00. The lowest BCUT2D eigenvalue weighted by molar-refractivity contribution is 1.04. The van der Waals surface area contributed by atoms with Crippen LogP contribution in [0.15, 0.2) is 291 Å². The molecule has 4 nitrogen and oxygen atoms in total. The van der Waals surface area contributed by atoms with Crippen molar-refractivity contribution in [1.29, 1.82) is 0 Å². The van der Waals surface area contributed by atoms with Crippen molar-refractivity contribution in [2.24, 2.45) is 0 Å². The predicted octanol–water partition coefficient (Wildman–Crippen LogP) is 19.7. The Morgan fingerprint density at radius 1 is 0.256 bits per heavy atom. The Labute approximate surface area is 453 Å². The summed E-state index contributed by atoms with van der Waals surface area (Å²) in [5.41, 5.74) is 20.3. The first-order valence-corrected chi connectivity index (χ1v) is 26.9. The lowest BCUT2D eigenvalue weighted by Gasteiger charge is -2.12. The van der Waals surface area contributed by atoms with Gasteiger partial charge in [-0.25, -0.2) is 9.97 Å². The van der Waals surface area contributed by atoms with Crippen molar-refractivity contribution in [3.8, 4) is 78.5 Å². The second-order valence-corrected chi connectivity index (χ2v) is 20.0. The quantitative estimate of drug-likeness (QED) is 0.152. The number of hydrogen-bond acceptors (Lipinski definition) is 2. The summed E-state index contributed by atoms with van der Waals surface area (Å²) < 4.78 is 4.72. The first-order chi connectivity index (χ1) is 38.7. The van der Waals surface area contributed by atoms with E-state index in [0.717, 1.165) is 50.1 Å². The van der Waals surface area contributed by atoms with Crippen molar-refractivity contribution in [3.05, 3.63) is 291 Å². The fourth-order valence-electron chi connectivity index (χ4n) is 11.3. The van der Waals surface area contributed by atoms with Crippen LogP contribution in [0.2, 0.25) is 0 Å². The highest BCUT2D eigenvalue weighted by Crippen LogP contribution is 2.39. The zero-order chi connectivity index (χ0) is 51.8. The third kappa shape index (κ3) is 8.65. The van der Waals surface area contributed by atoms with Crippen molar-refractivity contribution in [3.63, 3.8) is 0 Å². The Morgan fingerprint density at radius 3 is 1.06 bits per heavy atom. The van der Waals surface area contributed by atoms with Gasteiger partial charge in [0.2, 0.25) is 0 Å². The summed E-state index contributed by atoms with van der Waals surface area (Å²) in [6, 6.07) is 95.8. The van der Waals surface area contributed by atoms with E-state index in [2.05, 4.69) is 300 Å². The second-order valence-electron chi connectivity index (χ2n) is 20.0. The van der Waals surface area contributed by atoms with Crippen molar-refractivity contribution in [2.45, 2.75) is 12.8 Å². The lowest BCUT2D eigenvalue weighted by atomic mass is 9.96. The average molecular weight is 997 g/mol. The highest BCUT2D eigenvalue weighted by molar-refractivity contribution is 6.11. The number of aromatic nitrogens is 4. The van der Waals surface area contributed by atoms with E-state index in [1.165, 1.54) is 90.0 Å². The Bertz CT molecular complexity index is 4540. The summed E-state index contributed by atoms with van der Waals surface area (Å²) in [7, 11) is 0. The number of para-hydroxylation sites is 4. The molecule has 0 radical (unpaired) electrons. The molecule has 4 heteroatoms. The van der Waals surface area contributed by atoms with Crippen LogP contribution >= 0.6 is 0 Å². The molecule has 78 heavy (non-hydrogen) atoms. The predicted molar refractivity (Wildman–Crippen MR) is 328 cm³/mol. The molecular formula is C74H52N4. The second kappa shape index (κ2) is 20.2. The number of benzene rings is 11.